The quantitative estimate of drug-likeness (QED) is 0.609. The topological polar surface area (TPSA) is 87.9 Å². The van der Waals surface area contributed by atoms with Gasteiger partial charge in [-0.3, -0.25) is 10.1 Å². The standard InChI is InChI=1S/C11H15N3O4/c1-18-10-7-8(13-4-2-12-3-5-13)6-9(11(10)15)14(16)17/h6-7,12,15H,2-5H2,1H3. The number of benzene rings is 1. The van der Waals surface area contributed by atoms with E-state index in [2.05, 4.69) is 5.32 Å². The summed E-state index contributed by atoms with van der Waals surface area (Å²) < 4.78 is 4.97. The maximum atomic E-state index is 10.9. The fraction of sp³-hybridized carbons (Fsp3) is 0.455. The van der Waals surface area contributed by atoms with Gasteiger partial charge in [0.1, 0.15) is 0 Å². The van der Waals surface area contributed by atoms with Gasteiger partial charge in [-0.2, -0.15) is 0 Å². The van der Waals surface area contributed by atoms with Crippen molar-refractivity contribution in [1.29, 1.82) is 0 Å². The number of nitrogens with zero attached hydrogens (tertiary/aromatic N) is 2. The van der Waals surface area contributed by atoms with E-state index in [9.17, 15) is 15.2 Å². The van der Waals surface area contributed by atoms with Gasteiger partial charge in [0.15, 0.2) is 5.75 Å². The molecule has 98 valence electrons. The zero-order chi connectivity index (χ0) is 13.1. The smallest absolute Gasteiger partial charge is 0.316 e. The van der Waals surface area contributed by atoms with Crippen LogP contribution < -0.4 is 15.0 Å². The molecule has 0 spiro atoms. The van der Waals surface area contributed by atoms with Crippen LogP contribution in [0.25, 0.3) is 0 Å². The van der Waals surface area contributed by atoms with Crippen molar-refractivity contribution in [3.63, 3.8) is 0 Å². The number of nitro groups is 1. The largest absolute Gasteiger partial charge is 0.500 e. The lowest BCUT2D eigenvalue weighted by Crippen LogP contribution is -2.43. The van der Waals surface area contributed by atoms with Gasteiger partial charge in [0.25, 0.3) is 0 Å². The molecule has 1 aliphatic heterocycles. The molecule has 1 aliphatic rings. The summed E-state index contributed by atoms with van der Waals surface area (Å²) in [6.07, 6.45) is 0. The first-order valence-electron chi connectivity index (χ1n) is 5.64. The Morgan fingerprint density at radius 2 is 2.11 bits per heavy atom. The third-order valence-electron chi connectivity index (χ3n) is 2.94. The lowest BCUT2D eigenvalue weighted by atomic mass is 10.2. The van der Waals surface area contributed by atoms with Crippen LogP contribution in [0.1, 0.15) is 0 Å². The molecule has 0 radical (unpaired) electrons. The molecule has 0 unspecified atom stereocenters. The number of phenolic OH excluding ortho intramolecular Hbond substituents is 1. The fourth-order valence-electron chi connectivity index (χ4n) is 1.98. The van der Waals surface area contributed by atoms with E-state index in [1.54, 1.807) is 6.07 Å². The highest BCUT2D eigenvalue weighted by atomic mass is 16.6. The molecule has 0 amide bonds. The molecule has 7 nitrogen and oxygen atoms in total. The Balaban J connectivity index is 2.41. The molecule has 0 saturated carbocycles. The van der Waals surface area contributed by atoms with Crippen LogP contribution in [0.15, 0.2) is 12.1 Å². The summed E-state index contributed by atoms with van der Waals surface area (Å²) in [7, 11) is 1.38. The third kappa shape index (κ3) is 2.30. The van der Waals surface area contributed by atoms with Crippen LogP contribution in [0.5, 0.6) is 11.5 Å². The summed E-state index contributed by atoms with van der Waals surface area (Å²) in [4.78, 5) is 12.3. The number of hydrogen-bond acceptors (Lipinski definition) is 6. The molecule has 0 atom stereocenters. The molecule has 1 heterocycles. The number of hydrogen-bond donors (Lipinski definition) is 2. The van der Waals surface area contributed by atoms with Gasteiger partial charge in [-0.05, 0) is 0 Å². The number of phenols is 1. The number of aromatic hydroxyl groups is 1. The van der Waals surface area contributed by atoms with Gasteiger partial charge in [0.05, 0.1) is 12.0 Å². The van der Waals surface area contributed by atoms with Crippen molar-refractivity contribution in [3.8, 4) is 11.5 Å². The third-order valence-corrected chi connectivity index (χ3v) is 2.94. The van der Waals surface area contributed by atoms with Crippen LogP contribution in [0.4, 0.5) is 11.4 Å². The monoisotopic (exact) mass is 253 g/mol. The summed E-state index contributed by atoms with van der Waals surface area (Å²) in [5.41, 5.74) is 0.362. The van der Waals surface area contributed by atoms with Crippen molar-refractivity contribution in [1.82, 2.24) is 5.32 Å². The van der Waals surface area contributed by atoms with Crippen molar-refractivity contribution in [2.24, 2.45) is 0 Å². The summed E-state index contributed by atoms with van der Waals surface area (Å²) in [6.45, 7) is 3.20. The molecule has 1 saturated heterocycles. The SMILES string of the molecule is COc1cc(N2CCNCC2)cc([N+](=O)[O-])c1O. The van der Waals surface area contributed by atoms with Gasteiger partial charge >= 0.3 is 5.69 Å². The Kier molecular flexibility index (Phi) is 3.52. The zero-order valence-electron chi connectivity index (χ0n) is 10.0. The van der Waals surface area contributed by atoms with Crippen molar-refractivity contribution >= 4 is 11.4 Å². The second kappa shape index (κ2) is 5.09. The maximum Gasteiger partial charge on any atom is 0.316 e. The first-order chi connectivity index (χ1) is 8.63. The average molecular weight is 253 g/mol. The van der Waals surface area contributed by atoms with Crippen LogP contribution in [-0.2, 0) is 0 Å². The fourth-order valence-corrected chi connectivity index (χ4v) is 1.98. The van der Waals surface area contributed by atoms with Crippen molar-refractivity contribution in [3.05, 3.63) is 22.2 Å². The summed E-state index contributed by atoms with van der Waals surface area (Å²) in [5.74, 6) is -0.306. The highest BCUT2D eigenvalue weighted by molar-refractivity contribution is 5.66. The Bertz CT molecular complexity index is 458. The van der Waals surface area contributed by atoms with E-state index in [4.69, 9.17) is 4.74 Å². The molecule has 0 aliphatic carbocycles. The highest BCUT2D eigenvalue weighted by Gasteiger charge is 2.22. The van der Waals surface area contributed by atoms with Crippen molar-refractivity contribution in [2.75, 3.05) is 38.2 Å². The van der Waals surface area contributed by atoms with Gasteiger partial charge in [0.2, 0.25) is 5.75 Å². The molecule has 18 heavy (non-hydrogen) atoms. The molecular formula is C11H15N3O4. The molecule has 2 N–H and O–H groups in total. The van der Waals surface area contributed by atoms with E-state index in [0.717, 1.165) is 26.2 Å². The number of ether oxygens (including phenoxy) is 1. The number of piperazine rings is 1. The first-order valence-corrected chi connectivity index (χ1v) is 5.64. The minimum atomic E-state index is -0.608. The Morgan fingerprint density at radius 1 is 1.44 bits per heavy atom. The summed E-state index contributed by atoms with van der Waals surface area (Å²) in [5, 5.41) is 23.8. The van der Waals surface area contributed by atoms with Crippen LogP contribution in [0.3, 0.4) is 0 Å². The number of nitro benzene ring substituents is 1. The van der Waals surface area contributed by atoms with Gasteiger partial charge in [0, 0.05) is 44.0 Å². The van der Waals surface area contributed by atoms with E-state index in [-0.39, 0.29) is 11.4 Å². The molecule has 7 heteroatoms. The molecule has 1 aromatic rings. The minimum Gasteiger partial charge on any atom is -0.500 e. The molecule has 1 fully saturated rings. The zero-order valence-corrected chi connectivity index (χ0v) is 10.0. The Labute approximate surface area is 104 Å². The highest BCUT2D eigenvalue weighted by Crippen LogP contribution is 2.39. The Hall–Kier alpha value is -2.02. The van der Waals surface area contributed by atoms with Crippen LogP contribution >= 0.6 is 0 Å². The van der Waals surface area contributed by atoms with E-state index in [1.165, 1.54) is 13.2 Å². The summed E-state index contributed by atoms with van der Waals surface area (Å²) >= 11 is 0. The normalized spacial score (nSPS) is 15.5. The Morgan fingerprint density at radius 3 is 2.67 bits per heavy atom. The lowest BCUT2D eigenvalue weighted by Gasteiger charge is -2.29. The van der Waals surface area contributed by atoms with Crippen LogP contribution in [-0.4, -0.2) is 43.3 Å². The van der Waals surface area contributed by atoms with E-state index >= 15 is 0 Å². The number of anilines is 1. The molecule has 2 rings (SSSR count). The van der Waals surface area contributed by atoms with Crippen molar-refractivity contribution in [2.45, 2.75) is 0 Å². The molecule has 1 aromatic carbocycles. The van der Waals surface area contributed by atoms with Crippen LogP contribution in [0, 0.1) is 10.1 Å². The predicted octanol–water partition coefficient (Wildman–Crippen LogP) is 0.719. The first kappa shape index (κ1) is 12.4. The molecular weight excluding hydrogens is 238 g/mol. The van der Waals surface area contributed by atoms with Crippen LogP contribution in [0.2, 0.25) is 0 Å². The molecule has 0 aromatic heterocycles. The predicted molar refractivity (Wildman–Crippen MR) is 66.4 cm³/mol. The van der Waals surface area contributed by atoms with Gasteiger partial charge in [-0.15, -0.1) is 0 Å². The maximum absolute atomic E-state index is 10.9. The van der Waals surface area contributed by atoms with Gasteiger partial charge in [-0.25, -0.2) is 0 Å². The van der Waals surface area contributed by atoms with Crippen molar-refractivity contribution < 1.29 is 14.8 Å². The number of methoxy groups -OCH3 is 1. The minimum absolute atomic E-state index is 0.123. The second-order valence-corrected chi connectivity index (χ2v) is 4.01. The van der Waals surface area contributed by atoms with Gasteiger partial charge < -0.3 is 20.1 Å². The summed E-state index contributed by atoms with van der Waals surface area (Å²) in [6, 6.07) is 3.00. The van der Waals surface area contributed by atoms with E-state index in [1.807, 2.05) is 4.90 Å². The number of rotatable bonds is 3. The van der Waals surface area contributed by atoms with E-state index in [0.29, 0.717) is 5.69 Å². The second-order valence-electron chi connectivity index (χ2n) is 4.01. The van der Waals surface area contributed by atoms with E-state index < -0.39 is 10.7 Å². The molecule has 0 bridgehead atoms. The average Bonchev–Trinajstić information content (AvgIpc) is 2.39. The number of nitrogens with one attached hydrogen (secondary N) is 1. The lowest BCUT2D eigenvalue weighted by molar-refractivity contribution is -0.385. The van der Waals surface area contributed by atoms with Gasteiger partial charge in [-0.1, -0.05) is 0 Å².